The Morgan fingerprint density at radius 1 is 1.38 bits per heavy atom. The van der Waals surface area contributed by atoms with Crippen LogP contribution in [0.1, 0.15) is 32.6 Å². The highest BCUT2D eigenvalue weighted by Crippen LogP contribution is 2.08. The Morgan fingerprint density at radius 3 is 2.81 bits per heavy atom. The molecule has 1 aliphatic rings. The van der Waals surface area contributed by atoms with E-state index in [0.717, 1.165) is 32.2 Å². The normalized spacial score (nSPS) is 23.0. The molecule has 0 aromatic heterocycles. The third kappa shape index (κ3) is 3.81. The largest absolute Gasteiger partial charge is 0.467 e. The second-order valence-electron chi connectivity index (χ2n) is 4.11. The minimum absolute atomic E-state index is 0.111. The molecule has 2 unspecified atom stereocenters. The summed E-state index contributed by atoms with van der Waals surface area (Å²) < 4.78 is 4.55. The van der Waals surface area contributed by atoms with Crippen molar-refractivity contribution in [3.63, 3.8) is 0 Å². The van der Waals surface area contributed by atoms with E-state index >= 15 is 0 Å². The maximum Gasteiger partial charge on any atom is 0.328 e. The molecule has 5 nitrogen and oxygen atoms in total. The van der Waals surface area contributed by atoms with Crippen molar-refractivity contribution >= 4 is 11.9 Å². The lowest BCUT2D eigenvalue weighted by molar-refractivity contribution is -0.144. The van der Waals surface area contributed by atoms with Gasteiger partial charge >= 0.3 is 5.97 Å². The number of carbonyl (C=O) groups excluding carboxylic acids is 2. The number of hydrogen-bond donors (Lipinski definition) is 2. The summed E-state index contributed by atoms with van der Waals surface area (Å²) in [6.45, 7) is 2.49. The first-order valence-electron chi connectivity index (χ1n) is 5.76. The van der Waals surface area contributed by atoms with Crippen molar-refractivity contribution in [2.75, 3.05) is 13.7 Å². The van der Waals surface area contributed by atoms with Crippen LogP contribution < -0.4 is 10.6 Å². The standard InChI is InChI=1S/C11H20N2O3/c1-8(11(15)16-2)13-10(14)9-6-4-3-5-7-12-9/h8-9,12H,3-7H2,1-2H3,(H,13,14). The Kier molecular flexibility index (Phi) is 5.25. The van der Waals surface area contributed by atoms with Gasteiger partial charge in [0.15, 0.2) is 0 Å². The number of rotatable bonds is 3. The van der Waals surface area contributed by atoms with Crippen molar-refractivity contribution < 1.29 is 14.3 Å². The summed E-state index contributed by atoms with van der Waals surface area (Å²) in [6, 6.07) is -0.753. The molecule has 0 radical (unpaired) electrons. The van der Waals surface area contributed by atoms with Crippen LogP contribution in [0.25, 0.3) is 0 Å². The molecular weight excluding hydrogens is 208 g/mol. The Labute approximate surface area is 95.9 Å². The van der Waals surface area contributed by atoms with Gasteiger partial charge in [-0.15, -0.1) is 0 Å². The fourth-order valence-corrected chi connectivity index (χ4v) is 1.80. The number of esters is 1. The van der Waals surface area contributed by atoms with Gasteiger partial charge in [0.2, 0.25) is 5.91 Å². The molecule has 0 saturated carbocycles. The van der Waals surface area contributed by atoms with Gasteiger partial charge in [0.05, 0.1) is 13.2 Å². The van der Waals surface area contributed by atoms with Crippen LogP contribution >= 0.6 is 0 Å². The number of carbonyl (C=O) groups is 2. The summed E-state index contributed by atoms with van der Waals surface area (Å²) >= 11 is 0. The van der Waals surface area contributed by atoms with Gasteiger partial charge in [-0.1, -0.05) is 12.8 Å². The van der Waals surface area contributed by atoms with Crippen LogP contribution in [0.4, 0.5) is 0 Å². The molecule has 16 heavy (non-hydrogen) atoms. The van der Waals surface area contributed by atoms with Crippen molar-refractivity contribution in [1.82, 2.24) is 10.6 Å². The van der Waals surface area contributed by atoms with E-state index in [0.29, 0.717) is 0 Å². The Balaban J connectivity index is 2.41. The topological polar surface area (TPSA) is 67.4 Å². The van der Waals surface area contributed by atoms with Crippen LogP contribution in [-0.4, -0.2) is 37.6 Å². The van der Waals surface area contributed by atoms with Gasteiger partial charge in [0, 0.05) is 0 Å². The van der Waals surface area contributed by atoms with Crippen molar-refractivity contribution in [3.05, 3.63) is 0 Å². The Hall–Kier alpha value is -1.10. The van der Waals surface area contributed by atoms with Crippen molar-refractivity contribution in [2.45, 2.75) is 44.7 Å². The molecule has 0 aliphatic carbocycles. The molecule has 0 bridgehead atoms. The van der Waals surface area contributed by atoms with Crippen LogP contribution in [0.5, 0.6) is 0 Å². The third-order valence-corrected chi connectivity index (χ3v) is 2.79. The summed E-state index contributed by atoms with van der Waals surface area (Å²) in [5.74, 6) is -0.526. The van der Waals surface area contributed by atoms with E-state index in [1.54, 1.807) is 6.92 Å². The van der Waals surface area contributed by atoms with E-state index in [2.05, 4.69) is 15.4 Å². The third-order valence-electron chi connectivity index (χ3n) is 2.79. The molecule has 1 aliphatic heterocycles. The second-order valence-corrected chi connectivity index (χ2v) is 4.11. The van der Waals surface area contributed by atoms with Crippen molar-refractivity contribution in [2.24, 2.45) is 0 Å². The van der Waals surface area contributed by atoms with Crippen molar-refractivity contribution in [1.29, 1.82) is 0 Å². The lowest BCUT2D eigenvalue weighted by Gasteiger charge is -2.18. The molecule has 0 spiro atoms. The SMILES string of the molecule is COC(=O)C(C)NC(=O)C1CCCCCN1. The molecular formula is C11H20N2O3. The van der Waals surface area contributed by atoms with Crippen LogP contribution in [0, 0.1) is 0 Å². The van der Waals surface area contributed by atoms with Crippen LogP contribution in [0.2, 0.25) is 0 Å². The highest BCUT2D eigenvalue weighted by atomic mass is 16.5. The number of amides is 1. The summed E-state index contributed by atoms with van der Waals surface area (Å²) in [7, 11) is 1.31. The predicted molar refractivity (Wildman–Crippen MR) is 59.9 cm³/mol. The highest BCUT2D eigenvalue weighted by molar-refractivity contribution is 5.87. The van der Waals surface area contributed by atoms with E-state index in [-0.39, 0.29) is 11.9 Å². The molecule has 2 N–H and O–H groups in total. The van der Waals surface area contributed by atoms with Gasteiger partial charge in [-0.3, -0.25) is 4.79 Å². The average molecular weight is 228 g/mol. The smallest absolute Gasteiger partial charge is 0.328 e. The molecule has 1 fully saturated rings. The first kappa shape index (κ1) is 13.0. The molecule has 5 heteroatoms. The molecule has 1 heterocycles. The monoisotopic (exact) mass is 228 g/mol. The van der Waals surface area contributed by atoms with Gasteiger partial charge in [-0.05, 0) is 26.3 Å². The summed E-state index contributed by atoms with van der Waals surface area (Å²) in [4.78, 5) is 22.9. The van der Waals surface area contributed by atoms with E-state index in [1.165, 1.54) is 7.11 Å². The maximum atomic E-state index is 11.8. The second kappa shape index (κ2) is 6.48. The number of hydrogen-bond acceptors (Lipinski definition) is 4. The number of methoxy groups -OCH3 is 1. The van der Waals surface area contributed by atoms with Crippen LogP contribution in [-0.2, 0) is 14.3 Å². The first-order valence-corrected chi connectivity index (χ1v) is 5.76. The van der Waals surface area contributed by atoms with Crippen LogP contribution in [0.15, 0.2) is 0 Å². The van der Waals surface area contributed by atoms with Gasteiger partial charge in [0.25, 0.3) is 0 Å². The zero-order valence-electron chi connectivity index (χ0n) is 9.91. The highest BCUT2D eigenvalue weighted by Gasteiger charge is 2.23. The summed E-state index contributed by atoms with van der Waals surface area (Å²) in [5, 5.41) is 5.83. The maximum absolute atomic E-state index is 11.8. The summed E-state index contributed by atoms with van der Waals surface area (Å²) in [5.41, 5.74) is 0. The molecule has 1 rings (SSSR count). The van der Waals surface area contributed by atoms with E-state index < -0.39 is 12.0 Å². The van der Waals surface area contributed by atoms with E-state index in [4.69, 9.17) is 0 Å². The zero-order chi connectivity index (χ0) is 12.0. The summed E-state index contributed by atoms with van der Waals surface area (Å²) in [6.07, 6.45) is 4.15. The predicted octanol–water partition coefficient (Wildman–Crippen LogP) is 0.196. The number of ether oxygens (including phenoxy) is 1. The average Bonchev–Trinajstić information content (AvgIpc) is 2.56. The van der Waals surface area contributed by atoms with E-state index in [9.17, 15) is 9.59 Å². The molecule has 1 saturated heterocycles. The first-order chi connectivity index (χ1) is 7.65. The molecule has 0 aromatic rings. The lowest BCUT2D eigenvalue weighted by Crippen LogP contribution is -2.49. The zero-order valence-corrected chi connectivity index (χ0v) is 9.91. The van der Waals surface area contributed by atoms with Crippen molar-refractivity contribution in [3.8, 4) is 0 Å². The lowest BCUT2D eigenvalue weighted by atomic mass is 10.1. The van der Waals surface area contributed by atoms with E-state index in [1.807, 2.05) is 0 Å². The molecule has 1 amide bonds. The Bertz CT molecular complexity index is 248. The van der Waals surface area contributed by atoms with Crippen LogP contribution in [0.3, 0.4) is 0 Å². The number of nitrogens with one attached hydrogen (secondary N) is 2. The molecule has 0 aromatic carbocycles. The molecule has 92 valence electrons. The van der Waals surface area contributed by atoms with Gasteiger partial charge in [-0.2, -0.15) is 0 Å². The Morgan fingerprint density at radius 2 is 2.12 bits per heavy atom. The molecule has 2 atom stereocenters. The fourth-order valence-electron chi connectivity index (χ4n) is 1.80. The quantitative estimate of drug-likeness (QED) is 0.677. The van der Waals surface area contributed by atoms with Gasteiger partial charge in [-0.25, -0.2) is 4.79 Å². The van der Waals surface area contributed by atoms with Gasteiger partial charge < -0.3 is 15.4 Å². The minimum atomic E-state index is -0.581. The fraction of sp³-hybridized carbons (Fsp3) is 0.818. The minimum Gasteiger partial charge on any atom is -0.467 e. The van der Waals surface area contributed by atoms with Gasteiger partial charge in [0.1, 0.15) is 6.04 Å².